The van der Waals surface area contributed by atoms with Crippen molar-refractivity contribution in [2.24, 2.45) is 0 Å². The van der Waals surface area contributed by atoms with Crippen molar-refractivity contribution in [2.45, 2.75) is 58.0 Å². The van der Waals surface area contributed by atoms with Crippen molar-refractivity contribution in [3.8, 4) is 11.1 Å². The van der Waals surface area contributed by atoms with Gasteiger partial charge in [-0.05, 0) is 78.6 Å². The Morgan fingerprint density at radius 1 is 1.03 bits per heavy atom. The van der Waals surface area contributed by atoms with Crippen LogP contribution in [0.15, 0.2) is 54.9 Å². The summed E-state index contributed by atoms with van der Waals surface area (Å²) in [4.78, 5) is 23.5. The number of amides is 1. The molecule has 1 N–H and O–H groups in total. The van der Waals surface area contributed by atoms with Crippen LogP contribution in [0.4, 0.5) is 0 Å². The maximum Gasteiger partial charge on any atom is 0.216 e. The lowest BCUT2D eigenvalue weighted by atomic mass is 9.90. The predicted octanol–water partition coefficient (Wildman–Crippen LogP) is 4.84. The van der Waals surface area contributed by atoms with Crippen LogP contribution < -0.4 is 5.32 Å². The van der Waals surface area contributed by atoms with Crippen LogP contribution in [0.2, 0.25) is 0 Å². The van der Waals surface area contributed by atoms with Gasteiger partial charge < -0.3 is 5.32 Å². The molecule has 3 aromatic rings. The van der Waals surface area contributed by atoms with E-state index in [0.717, 1.165) is 51.7 Å². The zero-order valence-corrected chi connectivity index (χ0v) is 19.4. The quantitative estimate of drug-likeness (QED) is 0.398. The first-order chi connectivity index (χ1) is 16.2. The average molecular weight is 441 g/mol. The number of pyridine rings is 2. The molecule has 0 saturated carbocycles. The van der Waals surface area contributed by atoms with Gasteiger partial charge in [-0.2, -0.15) is 0 Å². The van der Waals surface area contributed by atoms with Crippen molar-refractivity contribution in [3.63, 3.8) is 0 Å². The third kappa shape index (κ3) is 4.69. The first kappa shape index (κ1) is 21.8. The summed E-state index contributed by atoms with van der Waals surface area (Å²) < 4.78 is 0. The molecular weight excluding hydrogens is 408 g/mol. The van der Waals surface area contributed by atoms with Crippen molar-refractivity contribution in [1.82, 2.24) is 20.2 Å². The molecule has 0 aliphatic heterocycles. The highest BCUT2D eigenvalue weighted by molar-refractivity contribution is 5.77. The summed E-state index contributed by atoms with van der Waals surface area (Å²) in [5.74, 6) is 0.0425. The lowest BCUT2D eigenvalue weighted by molar-refractivity contribution is -0.118. The summed E-state index contributed by atoms with van der Waals surface area (Å²) in [6.45, 7) is 4.12. The minimum absolute atomic E-state index is 0.0425. The van der Waals surface area contributed by atoms with E-state index in [2.05, 4.69) is 52.7 Å². The molecule has 33 heavy (non-hydrogen) atoms. The molecule has 1 aromatic carbocycles. The fourth-order valence-corrected chi connectivity index (χ4v) is 5.43. The number of rotatable bonds is 8. The lowest BCUT2D eigenvalue weighted by Crippen LogP contribution is -2.33. The van der Waals surface area contributed by atoms with Crippen LogP contribution in [0, 0.1) is 0 Å². The van der Waals surface area contributed by atoms with Gasteiger partial charge in [0.2, 0.25) is 5.91 Å². The zero-order valence-electron chi connectivity index (χ0n) is 19.4. The Morgan fingerprint density at radius 3 is 2.82 bits per heavy atom. The molecule has 0 spiro atoms. The van der Waals surface area contributed by atoms with Crippen LogP contribution in [-0.4, -0.2) is 33.9 Å². The monoisotopic (exact) mass is 440 g/mol. The highest BCUT2D eigenvalue weighted by atomic mass is 16.1. The summed E-state index contributed by atoms with van der Waals surface area (Å²) >= 11 is 0. The van der Waals surface area contributed by atoms with E-state index in [1.807, 2.05) is 12.4 Å². The maximum atomic E-state index is 11.2. The SMILES string of the molecule is CC(=O)NCCCCN(Cc1nccc2c1Cc1ccccc1-2)C1CCCc2cccnc21. The number of nitrogens with one attached hydrogen (secondary N) is 1. The van der Waals surface area contributed by atoms with E-state index in [9.17, 15) is 4.79 Å². The maximum absolute atomic E-state index is 11.2. The Kier molecular flexibility index (Phi) is 6.49. The van der Waals surface area contributed by atoms with E-state index < -0.39 is 0 Å². The average Bonchev–Trinajstić information content (AvgIpc) is 3.22. The largest absolute Gasteiger partial charge is 0.356 e. The molecule has 5 heteroatoms. The number of benzene rings is 1. The highest BCUT2D eigenvalue weighted by Gasteiger charge is 2.29. The zero-order chi connectivity index (χ0) is 22.6. The van der Waals surface area contributed by atoms with E-state index in [-0.39, 0.29) is 5.91 Å². The Bertz CT molecular complexity index is 1140. The van der Waals surface area contributed by atoms with Crippen molar-refractivity contribution in [2.75, 3.05) is 13.1 Å². The third-order valence-electron chi connectivity index (χ3n) is 7.02. The van der Waals surface area contributed by atoms with Crippen molar-refractivity contribution in [3.05, 3.63) is 82.9 Å². The normalized spacial score (nSPS) is 16.2. The number of carbonyl (C=O) groups excluding carboxylic acids is 1. The Morgan fingerprint density at radius 2 is 1.91 bits per heavy atom. The molecule has 0 saturated heterocycles. The molecule has 0 fully saturated rings. The molecule has 1 amide bonds. The van der Waals surface area contributed by atoms with E-state index in [1.54, 1.807) is 6.92 Å². The van der Waals surface area contributed by atoms with Gasteiger partial charge >= 0.3 is 0 Å². The molecule has 170 valence electrons. The fourth-order valence-electron chi connectivity index (χ4n) is 5.43. The van der Waals surface area contributed by atoms with Gasteiger partial charge in [-0.15, -0.1) is 0 Å². The molecule has 1 atom stereocenters. The van der Waals surface area contributed by atoms with Crippen molar-refractivity contribution < 1.29 is 4.79 Å². The molecule has 5 nitrogen and oxygen atoms in total. The van der Waals surface area contributed by atoms with Gasteiger partial charge in [0, 0.05) is 38.8 Å². The molecule has 2 aliphatic rings. The van der Waals surface area contributed by atoms with E-state index in [0.29, 0.717) is 6.04 Å². The highest BCUT2D eigenvalue weighted by Crippen LogP contribution is 2.39. The van der Waals surface area contributed by atoms with Crippen LogP contribution in [0.3, 0.4) is 0 Å². The second kappa shape index (κ2) is 9.84. The summed E-state index contributed by atoms with van der Waals surface area (Å²) in [7, 11) is 0. The number of unbranched alkanes of at least 4 members (excludes halogenated alkanes) is 1. The van der Waals surface area contributed by atoms with Crippen LogP contribution >= 0.6 is 0 Å². The molecule has 2 heterocycles. The molecule has 0 bridgehead atoms. The lowest BCUT2D eigenvalue weighted by Gasteiger charge is -2.35. The van der Waals surface area contributed by atoms with Gasteiger partial charge in [0.25, 0.3) is 0 Å². The molecular formula is C28H32N4O. The van der Waals surface area contributed by atoms with E-state index in [1.165, 1.54) is 45.6 Å². The smallest absolute Gasteiger partial charge is 0.216 e. The second-order valence-electron chi connectivity index (χ2n) is 9.23. The first-order valence-electron chi connectivity index (χ1n) is 12.2. The number of hydrogen-bond donors (Lipinski definition) is 1. The Balaban J connectivity index is 1.40. The van der Waals surface area contributed by atoms with Crippen LogP contribution in [-0.2, 0) is 24.2 Å². The topological polar surface area (TPSA) is 58.1 Å². The number of aromatic nitrogens is 2. The minimum atomic E-state index is 0.0425. The summed E-state index contributed by atoms with van der Waals surface area (Å²) in [6.07, 6.45) is 10.3. The van der Waals surface area contributed by atoms with E-state index >= 15 is 0 Å². The number of nitrogens with zero attached hydrogens (tertiary/aromatic N) is 3. The molecule has 1 unspecified atom stereocenters. The summed E-state index contributed by atoms with van der Waals surface area (Å²) in [5, 5.41) is 2.93. The molecule has 0 radical (unpaired) electrons. The van der Waals surface area contributed by atoms with Gasteiger partial charge in [-0.3, -0.25) is 19.7 Å². The second-order valence-corrected chi connectivity index (χ2v) is 9.23. The van der Waals surface area contributed by atoms with Crippen LogP contribution in [0.5, 0.6) is 0 Å². The van der Waals surface area contributed by atoms with Gasteiger partial charge in [0.1, 0.15) is 0 Å². The fraction of sp³-hybridized carbons (Fsp3) is 0.393. The van der Waals surface area contributed by atoms with Crippen LogP contribution in [0.1, 0.15) is 66.7 Å². The predicted molar refractivity (Wildman–Crippen MR) is 131 cm³/mol. The van der Waals surface area contributed by atoms with Gasteiger partial charge in [0.05, 0.1) is 17.4 Å². The summed E-state index contributed by atoms with van der Waals surface area (Å²) in [6, 6.07) is 15.5. The van der Waals surface area contributed by atoms with Gasteiger partial charge in [-0.25, -0.2) is 0 Å². The van der Waals surface area contributed by atoms with Gasteiger partial charge in [0.15, 0.2) is 0 Å². The number of hydrogen-bond acceptors (Lipinski definition) is 4. The Hall–Kier alpha value is -3.05. The minimum Gasteiger partial charge on any atom is -0.356 e. The molecule has 2 aliphatic carbocycles. The number of carbonyl (C=O) groups is 1. The standard InChI is InChI=1S/C28H32N4O/c1-20(33)29-14-4-5-17-32(27-12-6-9-21-10-7-15-31-28(21)27)19-26-25-18-22-8-2-3-11-23(22)24(25)13-16-30-26/h2-3,7-8,10-11,13,15-16,27H,4-6,9,12,14,17-19H2,1H3,(H,29,33). The summed E-state index contributed by atoms with van der Waals surface area (Å²) in [5.41, 5.74) is 9.27. The molecule has 5 rings (SSSR count). The third-order valence-corrected chi connectivity index (χ3v) is 7.02. The number of aryl methyl sites for hydroxylation is 1. The van der Waals surface area contributed by atoms with Crippen molar-refractivity contribution >= 4 is 5.91 Å². The molecule has 2 aromatic heterocycles. The van der Waals surface area contributed by atoms with E-state index in [4.69, 9.17) is 9.97 Å². The first-order valence-corrected chi connectivity index (χ1v) is 12.2. The van der Waals surface area contributed by atoms with Crippen LogP contribution in [0.25, 0.3) is 11.1 Å². The Labute approximate surface area is 196 Å². The van der Waals surface area contributed by atoms with Gasteiger partial charge in [-0.1, -0.05) is 30.3 Å². The number of fused-ring (bicyclic) bond motifs is 4. The van der Waals surface area contributed by atoms with Crippen molar-refractivity contribution in [1.29, 1.82) is 0 Å².